The van der Waals surface area contributed by atoms with E-state index in [1.165, 1.54) is 17.0 Å². The molecule has 192 valence electrons. The zero-order valence-corrected chi connectivity index (χ0v) is 23.1. The van der Waals surface area contributed by atoms with E-state index in [0.717, 1.165) is 27.0 Å². The number of aryl methyl sites for hydroxylation is 1. The van der Waals surface area contributed by atoms with E-state index >= 15 is 0 Å². The number of halogens is 2. The van der Waals surface area contributed by atoms with Gasteiger partial charge in [0, 0.05) is 17.1 Å². The smallest absolute Gasteiger partial charge is 0.244 e. The zero-order valence-electron chi connectivity index (χ0n) is 20.7. The molecule has 35 heavy (non-hydrogen) atoms. The van der Waals surface area contributed by atoms with Gasteiger partial charge in [-0.15, -0.1) is 0 Å². The lowest BCUT2D eigenvalue weighted by Crippen LogP contribution is -2.53. The second-order valence-electron chi connectivity index (χ2n) is 8.59. The third-order valence-corrected chi connectivity index (χ3v) is 7.79. The molecule has 10 heteroatoms. The van der Waals surface area contributed by atoms with Crippen molar-refractivity contribution >= 4 is 43.5 Å². The van der Waals surface area contributed by atoms with E-state index in [9.17, 15) is 22.4 Å². The fourth-order valence-electron chi connectivity index (χ4n) is 3.54. The van der Waals surface area contributed by atoms with Crippen LogP contribution in [-0.2, 0) is 26.2 Å². The van der Waals surface area contributed by atoms with Gasteiger partial charge in [-0.1, -0.05) is 41.9 Å². The molecule has 2 amide bonds. The van der Waals surface area contributed by atoms with Gasteiger partial charge in [0.25, 0.3) is 0 Å². The summed E-state index contributed by atoms with van der Waals surface area (Å²) in [6.07, 6.45) is 2.08. The monoisotopic (exact) mass is 569 g/mol. The summed E-state index contributed by atoms with van der Waals surface area (Å²) in [6.45, 7) is 6.98. The van der Waals surface area contributed by atoms with Gasteiger partial charge in [0.2, 0.25) is 21.8 Å². The zero-order chi connectivity index (χ0) is 26.3. The summed E-state index contributed by atoms with van der Waals surface area (Å²) in [5, 5.41) is 2.91. The molecule has 0 aromatic heterocycles. The molecule has 1 N–H and O–H groups in total. The van der Waals surface area contributed by atoms with Gasteiger partial charge in [-0.3, -0.25) is 13.9 Å². The first-order chi connectivity index (χ1) is 16.4. The fourth-order valence-corrected chi connectivity index (χ4v) is 4.63. The average Bonchev–Trinajstić information content (AvgIpc) is 2.79. The molecule has 0 aliphatic heterocycles. The molecule has 0 aliphatic rings. The Morgan fingerprint density at radius 1 is 1.09 bits per heavy atom. The molecule has 0 radical (unpaired) electrons. The van der Waals surface area contributed by atoms with E-state index in [0.29, 0.717) is 17.7 Å². The van der Waals surface area contributed by atoms with Crippen molar-refractivity contribution in [3.05, 3.63) is 63.9 Å². The molecule has 0 aliphatic carbocycles. The van der Waals surface area contributed by atoms with Gasteiger partial charge in [0.1, 0.15) is 18.4 Å². The van der Waals surface area contributed by atoms with Crippen molar-refractivity contribution in [3.8, 4) is 0 Å². The Morgan fingerprint density at radius 3 is 2.23 bits per heavy atom. The van der Waals surface area contributed by atoms with Crippen molar-refractivity contribution < 1.29 is 22.4 Å². The molecule has 0 spiro atoms. The van der Waals surface area contributed by atoms with Crippen molar-refractivity contribution in [2.24, 2.45) is 0 Å². The number of nitrogens with one attached hydrogen (secondary N) is 1. The molecule has 2 rings (SSSR count). The summed E-state index contributed by atoms with van der Waals surface area (Å²) in [6, 6.07) is 9.75. The van der Waals surface area contributed by atoms with E-state index in [-0.39, 0.29) is 18.5 Å². The normalized spacial score (nSPS) is 13.1. The van der Waals surface area contributed by atoms with Crippen LogP contribution in [0.25, 0.3) is 0 Å². The minimum Gasteiger partial charge on any atom is -0.352 e. The van der Waals surface area contributed by atoms with Crippen molar-refractivity contribution in [3.63, 3.8) is 0 Å². The SMILES string of the molecule is CCC(C)NC(=O)C(CC)N(Cc1ccc(F)cc1)C(=O)CN(c1ccc(Br)c(C)c1)S(C)(=O)=O. The number of benzene rings is 2. The number of sulfonamides is 1. The molecule has 0 fully saturated rings. The van der Waals surface area contributed by atoms with Crippen LogP contribution in [0.2, 0.25) is 0 Å². The molecule has 2 atom stereocenters. The summed E-state index contributed by atoms with van der Waals surface area (Å²) in [5.74, 6) is -1.27. The Morgan fingerprint density at radius 2 is 1.71 bits per heavy atom. The highest BCUT2D eigenvalue weighted by atomic mass is 79.9. The number of carbonyl (C=O) groups is 2. The Balaban J connectivity index is 2.45. The average molecular weight is 571 g/mol. The molecule has 0 saturated carbocycles. The van der Waals surface area contributed by atoms with Crippen molar-refractivity contribution in [2.45, 2.75) is 59.2 Å². The number of hydrogen-bond donors (Lipinski definition) is 1. The highest BCUT2D eigenvalue weighted by molar-refractivity contribution is 9.10. The molecule has 0 saturated heterocycles. The van der Waals surface area contributed by atoms with E-state index in [1.54, 1.807) is 37.3 Å². The van der Waals surface area contributed by atoms with Crippen LogP contribution in [0.3, 0.4) is 0 Å². The first-order valence-corrected chi connectivity index (χ1v) is 14.1. The van der Waals surface area contributed by atoms with Crippen molar-refractivity contribution in [2.75, 3.05) is 17.1 Å². The topological polar surface area (TPSA) is 86.8 Å². The Labute approximate surface area is 215 Å². The summed E-state index contributed by atoms with van der Waals surface area (Å²) in [4.78, 5) is 28.0. The van der Waals surface area contributed by atoms with Gasteiger partial charge >= 0.3 is 0 Å². The van der Waals surface area contributed by atoms with Crippen LogP contribution in [0.1, 0.15) is 44.7 Å². The minimum atomic E-state index is -3.81. The first-order valence-electron chi connectivity index (χ1n) is 11.5. The standard InChI is InChI=1S/C25H33BrFN3O4S/c1-6-18(4)28-25(32)23(7-2)29(15-19-8-10-20(27)11-9-19)24(31)16-30(35(5,33)34)21-12-13-22(26)17(3)14-21/h8-14,18,23H,6-7,15-16H2,1-5H3,(H,28,32). The van der Waals surface area contributed by atoms with Crippen LogP contribution >= 0.6 is 15.9 Å². The van der Waals surface area contributed by atoms with Gasteiger partial charge in [-0.05, 0) is 68.1 Å². The van der Waals surface area contributed by atoms with Crippen LogP contribution in [0.15, 0.2) is 46.9 Å². The fraction of sp³-hybridized carbons (Fsp3) is 0.440. The molecular formula is C25H33BrFN3O4S. The van der Waals surface area contributed by atoms with Crippen LogP contribution in [-0.4, -0.2) is 50.0 Å². The second kappa shape index (κ2) is 12.5. The van der Waals surface area contributed by atoms with Crippen LogP contribution < -0.4 is 9.62 Å². The van der Waals surface area contributed by atoms with Gasteiger partial charge in [-0.25, -0.2) is 12.8 Å². The molecule has 7 nitrogen and oxygen atoms in total. The quantitative estimate of drug-likeness (QED) is 0.435. The summed E-state index contributed by atoms with van der Waals surface area (Å²) >= 11 is 3.40. The summed E-state index contributed by atoms with van der Waals surface area (Å²) in [7, 11) is -3.81. The Kier molecular flexibility index (Phi) is 10.3. The molecule has 2 aromatic carbocycles. The highest BCUT2D eigenvalue weighted by Gasteiger charge is 2.32. The van der Waals surface area contributed by atoms with Crippen molar-refractivity contribution in [1.29, 1.82) is 0 Å². The molecule has 2 aromatic rings. The van der Waals surface area contributed by atoms with Gasteiger partial charge < -0.3 is 10.2 Å². The number of nitrogens with zero attached hydrogens (tertiary/aromatic N) is 2. The lowest BCUT2D eigenvalue weighted by molar-refractivity contribution is -0.140. The maximum absolute atomic E-state index is 13.6. The molecule has 0 heterocycles. The third kappa shape index (κ3) is 8.03. The highest BCUT2D eigenvalue weighted by Crippen LogP contribution is 2.25. The Bertz CT molecular complexity index is 1140. The van der Waals surface area contributed by atoms with Crippen LogP contribution in [0.4, 0.5) is 10.1 Å². The maximum atomic E-state index is 13.6. The maximum Gasteiger partial charge on any atom is 0.244 e. The van der Waals surface area contributed by atoms with E-state index in [4.69, 9.17) is 0 Å². The number of hydrogen-bond acceptors (Lipinski definition) is 4. The van der Waals surface area contributed by atoms with Gasteiger partial charge in [-0.2, -0.15) is 0 Å². The number of rotatable bonds is 11. The summed E-state index contributed by atoms with van der Waals surface area (Å²) < 4.78 is 40.6. The lowest BCUT2D eigenvalue weighted by atomic mass is 10.1. The molecule has 0 bridgehead atoms. The Hall–Kier alpha value is -2.46. The van der Waals surface area contributed by atoms with Gasteiger partial charge in [0.15, 0.2) is 0 Å². The van der Waals surface area contributed by atoms with E-state index < -0.39 is 34.3 Å². The first kappa shape index (κ1) is 28.8. The predicted molar refractivity (Wildman–Crippen MR) is 140 cm³/mol. The largest absolute Gasteiger partial charge is 0.352 e. The number of amides is 2. The van der Waals surface area contributed by atoms with Crippen LogP contribution in [0.5, 0.6) is 0 Å². The second-order valence-corrected chi connectivity index (χ2v) is 11.4. The summed E-state index contributed by atoms with van der Waals surface area (Å²) in [5.41, 5.74) is 1.78. The minimum absolute atomic E-state index is 0.0303. The van der Waals surface area contributed by atoms with E-state index in [2.05, 4.69) is 21.2 Å². The predicted octanol–water partition coefficient (Wildman–Crippen LogP) is 4.38. The molecule has 2 unspecified atom stereocenters. The van der Waals surface area contributed by atoms with E-state index in [1.807, 2.05) is 20.8 Å². The third-order valence-electron chi connectivity index (χ3n) is 5.76. The van der Waals surface area contributed by atoms with Crippen molar-refractivity contribution in [1.82, 2.24) is 10.2 Å². The number of carbonyl (C=O) groups excluding carboxylic acids is 2. The lowest BCUT2D eigenvalue weighted by Gasteiger charge is -2.33. The number of anilines is 1. The molecular weight excluding hydrogens is 537 g/mol. The van der Waals surface area contributed by atoms with Crippen LogP contribution in [0, 0.1) is 12.7 Å². The van der Waals surface area contributed by atoms with Gasteiger partial charge in [0.05, 0.1) is 11.9 Å².